The van der Waals surface area contributed by atoms with E-state index in [4.69, 9.17) is 9.47 Å². The molecular weight excluding hydrogens is 524 g/mol. The van der Waals surface area contributed by atoms with Gasteiger partial charge in [0, 0.05) is 14.6 Å². The zero-order valence-corrected chi connectivity index (χ0v) is 19.7. The van der Waals surface area contributed by atoms with Gasteiger partial charge in [-0.15, -0.1) is 0 Å². The van der Waals surface area contributed by atoms with Crippen LogP contribution in [0.1, 0.15) is 11.1 Å². The molecule has 3 rings (SSSR count). The number of nitrogens with zero attached hydrogens (tertiary/aromatic N) is 1. The summed E-state index contributed by atoms with van der Waals surface area (Å²) in [6.45, 7) is 0.387. The summed E-state index contributed by atoms with van der Waals surface area (Å²) in [5, 5.41) is 12.2. The maximum atomic E-state index is 12.5. The number of amides is 1. The van der Waals surface area contributed by atoms with Crippen molar-refractivity contribution in [3.8, 4) is 17.6 Å². The number of ether oxygens (including phenoxy) is 2. The molecule has 5 nitrogen and oxygen atoms in total. The summed E-state index contributed by atoms with van der Waals surface area (Å²) in [6, 6.07) is 22.3. The SMILES string of the molecule is COc1cc(C=C(C#N)C(=O)Nc2ccc(Br)cc2)c(Br)cc1OCc1ccccc1. The molecule has 3 aromatic rings. The van der Waals surface area contributed by atoms with Crippen LogP contribution in [-0.4, -0.2) is 13.0 Å². The average molecular weight is 542 g/mol. The number of benzene rings is 3. The van der Waals surface area contributed by atoms with Gasteiger partial charge < -0.3 is 14.8 Å². The number of hydrogen-bond acceptors (Lipinski definition) is 4. The van der Waals surface area contributed by atoms with Crippen molar-refractivity contribution in [1.29, 1.82) is 5.26 Å². The zero-order chi connectivity index (χ0) is 22.2. The van der Waals surface area contributed by atoms with E-state index in [0.717, 1.165) is 10.0 Å². The lowest BCUT2D eigenvalue weighted by molar-refractivity contribution is -0.112. The monoisotopic (exact) mass is 540 g/mol. The average Bonchev–Trinajstić information content (AvgIpc) is 2.79. The Morgan fingerprint density at radius 1 is 1.06 bits per heavy atom. The molecule has 0 unspecified atom stereocenters. The van der Waals surface area contributed by atoms with Crippen molar-refractivity contribution in [3.05, 3.63) is 92.4 Å². The molecule has 0 fully saturated rings. The number of halogens is 2. The van der Waals surface area contributed by atoms with Crippen molar-refractivity contribution in [3.63, 3.8) is 0 Å². The van der Waals surface area contributed by atoms with Gasteiger partial charge in [0.05, 0.1) is 7.11 Å². The van der Waals surface area contributed by atoms with Gasteiger partial charge in [-0.25, -0.2) is 0 Å². The number of rotatable bonds is 7. The topological polar surface area (TPSA) is 71.3 Å². The molecular formula is C24H18Br2N2O3. The van der Waals surface area contributed by atoms with Crippen molar-refractivity contribution < 1.29 is 14.3 Å². The number of anilines is 1. The van der Waals surface area contributed by atoms with Crippen LogP contribution < -0.4 is 14.8 Å². The van der Waals surface area contributed by atoms with Gasteiger partial charge in [-0.3, -0.25) is 4.79 Å². The molecule has 0 aliphatic heterocycles. The summed E-state index contributed by atoms with van der Waals surface area (Å²) < 4.78 is 12.9. The Hall–Kier alpha value is -3.08. The molecule has 3 aromatic carbocycles. The number of carbonyl (C=O) groups excluding carboxylic acids is 1. The Labute approximate surface area is 197 Å². The minimum Gasteiger partial charge on any atom is -0.493 e. The molecule has 0 bridgehead atoms. The van der Waals surface area contributed by atoms with E-state index in [2.05, 4.69) is 37.2 Å². The smallest absolute Gasteiger partial charge is 0.266 e. The summed E-state index contributed by atoms with van der Waals surface area (Å²) in [5.74, 6) is 0.546. The summed E-state index contributed by atoms with van der Waals surface area (Å²) in [4.78, 5) is 12.5. The number of nitrogens with one attached hydrogen (secondary N) is 1. The van der Waals surface area contributed by atoms with E-state index >= 15 is 0 Å². The van der Waals surface area contributed by atoms with Crippen molar-refractivity contribution in [2.75, 3.05) is 12.4 Å². The number of methoxy groups -OCH3 is 1. The molecule has 0 atom stereocenters. The molecule has 1 N–H and O–H groups in total. The highest BCUT2D eigenvalue weighted by Gasteiger charge is 2.14. The van der Waals surface area contributed by atoms with Gasteiger partial charge in [0.2, 0.25) is 0 Å². The van der Waals surface area contributed by atoms with E-state index in [0.29, 0.717) is 33.8 Å². The molecule has 7 heteroatoms. The minimum absolute atomic E-state index is 0.0383. The normalized spacial score (nSPS) is 10.8. The maximum absolute atomic E-state index is 12.5. The summed E-state index contributed by atoms with van der Waals surface area (Å²) in [7, 11) is 1.54. The number of nitriles is 1. The van der Waals surface area contributed by atoms with Crippen LogP contribution in [-0.2, 0) is 11.4 Å². The Kier molecular flexibility index (Phi) is 7.88. The predicted molar refractivity (Wildman–Crippen MR) is 128 cm³/mol. The first-order valence-corrected chi connectivity index (χ1v) is 10.8. The maximum Gasteiger partial charge on any atom is 0.266 e. The highest BCUT2D eigenvalue weighted by Crippen LogP contribution is 2.35. The first-order valence-electron chi connectivity index (χ1n) is 9.23. The van der Waals surface area contributed by atoms with E-state index in [1.165, 1.54) is 13.2 Å². The van der Waals surface area contributed by atoms with E-state index in [9.17, 15) is 10.1 Å². The van der Waals surface area contributed by atoms with Crippen LogP contribution >= 0.6 is 31.9 Å². The molecule has 0 saturated heterocycles. The Bertz CT molecular complexity index is 1140. The fourth-order valence-electron chi connectivity index (χ4n) is 2.70. The Morgan fingerprint density at radius 3 is 2.42 bits per heavy atom. The van der Waals surface area contributed by atoms with Crippen molar-refractivity contribution >= 4 is 49.5 Å². The van der Waals surface area contributed by atoms with Crippen molar-refractivity contribution in [2.24, 2.45) is 0 Å². The van der Waals surface area contributed by atoms with Gasteiger partial charge in [-0.05, 0) is 53.6 Å². The molecule has 0 aliphatic carbocycles. The molecule has 1 amide bonds. The third kappa shape index (κ3) is 6.20. The lowest BCUT2D eigenvalue weighted by Crippen LogP contribution is -2.13. The first kappa shape index (κ1) is 22.6. The molecule has 0 heterocycles. The van der Waals surface area contributed by atoms with Gasteiger partial charge in [-0.1, -0.05) is 62.2 Å². The fourth-order valence-corrected chi connectivity index (χ4v) is 3.41. The highest BCUT2D eigenvalue weighted by atomic mass is 79.9. The lowest BCUT2D eigenvalue weighted by Gasteiger charge is -2.13. The number of carbonyl (C=O) groups is 1. The molecule has 0 spiro atoms. The molecule has 0 radical (unpaired) electrons. The second-order valence-electron chi connectivity index (χ2n) is 6.43. The molecule has 0 aliphatic rings. The van der Waals surface area contributed by atoms with E-state index < -0.39 is 5.91 Å². The molecule has 31 heavy (non-hydrogen) atoms. The van der Waals surface area contributed by atoms with Gasteiger partial charge in [0.25, 0.3) is 5.91 Å². The molecule has 156 valence electrons. The van der Waals surface area contributed by atoms with Crippen LogP contribution in [0.4, 0.5) is 5.69 Å². The Morgan fingerprint density at radius 2 is 1.77 bits per heavy atom. The molecule has 0 saturated carbocycles. The van der Waals surface area contributed by atoms with Gasteiger partial charge in [0.15, 0.2) is 11.5 Å². The van der Waals surface area contributed by atoms with Crippen LogP contribution in [0.15, 0.2) is 81.2 Å². The Balaban J connectivity index is 1.81. The first-order chi connectivity index (χ1) is 15.0. The van der Waals surface area contributed by atoms with Gasteiger partial charge in [0.1, 0.15) is 18.2 Å². The van der Waals surface area contributed by atoms with Gasteiger partial charge in [-0.2, -0.15) is 5.26 Å². The predicted octanol–water partition coefficient (Wildman–Crippen LogP) is 6.34. The van der Waals surface area contributed by atoms with Crippen LogP contribution in [0.25, 0.3) is 6.08 Å². The van der Waals surface area contributed by atoms with Crippen molar-refractivity contribution in [1.82, 2.24) is 0 Å². The van der Waals surface area contributed by atoms with E-state index in [1.54, 1.807) is 36.4 Å². The van der Waals surface area contributed by atoms with Crippen LogP contribution in [0, 0.1) is 11.3 Å². The fraction of sp³-hybridized carbons (Fsp3) is 0.0833. The highest BCUT2D eigenvalue weighted by molar-refractivity contribution is 9.10. The second-order valence-corrected chi connectivity index (χ2v) is 8.20. The second kappa shape index (κ2) is 10.8. The third-order valence-corrected chi connectivity index (χ3v) is 5.50. The van der Waals surface area contributed by atoms with Crippen LogP contribution in [0.3, 0.4) is 0 Å². The largest absolute Gasteiger partial charge is 0.493 e. The standard InChI is InChI=1S/C24H18Br2N2O3/c1-30-22-12-17(21(26)13-23(22)31-15-16-5-3-2-4-6-16)11-18(14-27)24(29)28-20-9-7-19(25)8-10-20/h2-13H,15H2,1H3,(H,28,29). The molecule has 0 aromatic heterocycles. The number of hydrogen-bond donors (Lipinski definition) is 1. The lowest BCUT2D eigenvalue weighted by atomic mass is 10.1. The summed E-state index contributed by atoms with van der Waals surface area (Å²) >= 11 is 6.84. The van der Waals surface area contributed by atoms with Crippen LogP contribution in [0.2, 0.25) is 0 Å². The van der Waals surface area contributed by atoms with Crippen LogP contribution in [0.5, 0.6) is 11.5 Å². The minimum atomic E-state index is -0.500. The summed E-state index contributed by atoms with van der Waals surface area (Å²) in [6.07, 6.45) is 1.50. The third-order valence-electron chi connectivity index (χ3n) is 4.29. The summed E-state index contributed by atoms with van der Waals surface area (Å²) in [5.41, 5.74) is 2.20. The van der Waals surface area contributed by atoms with E-state index in [-0.39, 0.29) is 5.57 Å². The quantitative estimate of drug-likeness (QED) is 0.279. The zero-order valence-electron chi connectivity index (χ0n) is 16.6. The van der Waals surface area contributed by atoms with E-state index in [1.807, 2.05) is 36.4 Å². The van der Waals surface area contributed by atoms with Crippen molar-refractivity contribution in [2.45, 2.75) is 6.61 Å². The van der Waals surface area contributed by atoms with Gasteiger partial charge >= 0.3 is 0 Å².